The van der Waals surface area contributed by atoms with Crippen molar-refractivity contribution in [3.63, 3.8) is 0 Å². The van der Waals surface area contributed by atoms with Gasteiger partial charge in [-0.1, -0.05) is 37.0 Å². The minimum absolute atomic E-state index is 0.298. The van der Waals surface area contributed by atoms with Crippen LogP contribution >= 0.6 is 23.2 Å². The van der Waals surface area contributed by atoms with Gasteiger partial charge in [0.05, 0.1) is 16.6 Å². The molecule has 0 unspecified atom stereocenters. The number of hydrogen-bond donors (Lipinski definition) is 2. The topological polar surface area (TPSA) is 62.5 Å². The Kier molecular flexibility index (Phi) is 6.10. The molecule has 124 valence electrons. The van der Waals surface area contributed by atoms with Crippen LogP contribution in [-0.4, -0.2) is 17.1 Å². The zero-order valence-electron chi connectivity index (χ0n) is 13.0. The molecular formula is C17H19Cl2NO3. The first-order valence-electron chi connectivity index (χ1n) is 7.37. The van der Waals surface area contributed by atoms with E-state index < -0.39 is 12.0 Å². The van der Waals surface area contributed by atoms with Crippen molar-refractivity contribution in [3.8, 4) is 11.3 Å². The molecule has 6 heteroatoms. The molecule has 0 bridgehead atoms. The predicted octanol–water partition coefficient (Wildman–Crippen LogP) is 4.84. The third-order valence-corrected chi connectivity index (χ3v) is 4.13. The Labute approximate surface area is 145 Å². The lowest BCUT2D eigenvalue weighted by atomic mass is 10.0. The Morgan fingerprint density at radius 1 is 1.22 bits per heavy atom. The van der Waals surface area contributed by atoms with Gasteiger partial charge in [-0.05, 0) is 42.7 Å². The van der Waals surface area contributed by atoms with E-state index in [1.165, 1.54) is 0 Å². The van der Waals surface area contributed by atoms with Crippen molar-refractivity contribution in [2.75, 3.05) is 0 Å². The first kappa shape index (κ1) is 17.9. The fraction of sp³-hybridized carbons (Fsp3) is 0.353. The maximum absolute atomic E-state index is 11.2. The number of carbonyl (C=O) groups is 1. The Morgan fingerprint density at radius 3 is 2.57 bits per heavy atom. The molecule has 23 heavy (non-hydrogen) atoms. The Hall–Kier alpha value is -1.49. The number of nitrogens with one attached hydrogen (secondary N) is 1. The van der Waals surface area contributed by atoms with Gasteiger partial charge in [0.25, 0.3) is 0 Å². The predicted molar refractivity (Wildman–Crippen MR) is 91.9 cm³/mol. The van der Waals surface area contributed by atoms with Gasteiger partial charge >= 0.3 is 5.97 Å². The van der Waals surface area contributed by atoms with Gasteiger partial charge < -0.3 is 9.52 Å². The monoisotopic (exact) mass is 355 g/mol. The molecule has 0 amide bonds. The summed E-state index contributed by atoms with van der Waals surface area (Å²) in [6.45, 7) is 4.34. The van der Waals surface area contributed by atoms with Crippen LogP contribution in [0.25, 0.3) is 11.3 Å². The average molecular weight is 356 g/mol. The van der Waals surface area contributed by atoms with Gasteiger partial charge in [0.1, 0.15) is 17.6 Å². The van der Waals surface area contributed by atoms with Gasteiger partial charge in [0.15, 0.2) is 0 Å². The normalized spacial score (nSPS) is 12.6. The summed E-state index contributed by atoms with van der Waals surface area (Å²) >= 11 is 11.9. The van der Waals surface area contributed by atoms with E-state index >= 15 is 0 Å². The van der Waals surface area contributed by atoms with Crippen LogP contribution in [0.3, 0.4) is 0 Å². The van der Waals surface area contributed by atoms with E-state index in [-0.39, 0.29) is 0 Å². The standard InChI is InChI=1S/C17H19Cl2NO3/c1-10(2)7-15(17(21)22)20-9-12-4-6-16(23-12)11-3-5-13(18)14(19)8-11/h3-6,8,10,15,20H,7,9H2,1-2H3,(H,21,22)/t15-/m1/s1. The minimum Gasteiger partial charge on any atom is -0.480 e. The van der Waals surface area contributed by atoms with E-state index in [2.05, 4.69) is 5.32 Å². The van der Waals surface area contributed by atoms with Crippen LogP contribution in [0.5, 0.6) is 0 Å². The fourth-order valence-electron chi connectivity index (χ4n) is 2.24. The number of benzene rings is 1. The SMILES string of the molecule is CC(C)C[C@@H](NCc1ccc(-c2ccc(Cl)c(Cl)c2)o1)C(=O)O. The maximum atomic E-state index is 11.2. The molecule has 1 atom stereocenters. The van der Waals surface area contributed by atoms with Crippen LogP contribution < -0.4 is 5.32 Å². The van der Waals surface area contributed by atoms with Crippen molar-refractivity contribution in [2.24, 2.45) is 5.92 Å². The Morgan fingerprint density at radius 2 is 1.96 bits per heavy atom. The molecule has 0 spiro atoms. The highest BCUT2D eigenvalue weighted by atomic mass is 35.5. The number of rotatable bonds is 7. The summed E-state index contributed by atoms with van der Waals surface area (Å²) in [6, 6.07) is 8.33. The molecular weight excluding hydrogens is 337 g/mol. The largest absolute Gasteiger partial charge is 0.480 e. The molecule has 0 aliphatic heterocycles. The first-order valence-corrected chi connectivity index (χ1v) is 8.12. The lowest BCUT2D eigenvalue weighted by Gasteiger charge is -2.15. The summed E-state index contributed by atoms with van der Waals surface area (Å²) in [5.41, 5.74) is 0.822. The van der Waals surface area contributed by atoms with Crippen LogP contribution in [0.4, 0.5) is 0 Å². The number of carboxylic acid groups (broad SMARTS) is 1. The molecule has 0 radical (unpaired) electrons. The second kappa shape index (κ2) is 7.86. The fourth-order valence-corrected chi connectivity index (χ4v) is 2.54. The molecule has 2 aromatic rings. The van der Waals surface area contributed by atoms with Crippen LogP contribution in [0.15, 0.2) is 34.7 Å². The Balaban J connectivity index is 2.04. The number of aliphatic carboxylic acids is 1. The molecule has 0 fully saturated rings. The molecule has 0 saturated carbocycles. The zero-order valence-corrected chi connectivity index (χ0v) is 14.5. The number of carboxylic acids is 1. The first-order chi connectivity index (χ1) is 10.9. The Bertz CT molecular complexity index is 682. The van der Waals surface area contributed by atoms with Gasteiger partial charge in [-0.15, -0.1) is 0 Å². The quantitative estimate of drug-likeness (QED) is 0.745. The maximum Gasteiger partial charge on any atom is 0.320 e. The highest BCUT2D eigenvalue weighted by molar-refractivity contribution is 6.42. The van der Waals surface area contributed by atoms with Crippen LogP contribution in [0, 0.1) is 5.92 Å². The zero-order chi connectivity index (χ0) is 17.0. The highest BCUT2D eigenvalue weighted by Gasteiger charge is 2.18. The van der Waals surface area contributed by atoms with Gasteiger partial charge in [0.2, 0.25) is 0 Å². The summed E-state index contributed by atoms with van der Waals surface area (Å²) in [6.07, 6.45) is 0.565. The third-order valence-electron chi connectivity index (χ3n) is 3.39. The molecule has 1 aromatic heterocycles. The van der Waals surface area contributed by atoms with Gasteiger partial charge in [-0.3, -0.25) is 10.1 Å². The summed E-state index contributed by atoms with van der Waals surface area (Å²) in [4.78, 5) is 11.2. The van der Waals surface area contributed by atoms with Gasteiger partial charge in [-0.2, -0.15) is 0 Å². The second-order valence-corrected chi connectivity index (χ2v) is 6.61. The van der Waals surface area contributed by atoms with E-state index in [4.69, 9.17) is 27.6 Å². The third kappa shape index (κ3) is 4.99. The molecule has 2 N–H and O–H groups in total. The molecule has 0 aliphatic rings. The molecule has 2 rings (SSSR count). The second-order valence-electron chi connectivity index (χ2n) is 5.80. The summed E-state index contributed by atoms with van der Waals surface area (Å²) in [7, 11) is 0. The molecule has 1 aromatic carbocycles. The highest BCUT2D eigenvalue weighted by Crippen LogP contribution is 2.29. The van der Waals surface area contributed by atoms with E-state index in [9.17, 15) is 9.90 Å². The van der Waals surface area contributed by atoms with E-state index in [0.717, 1.165) is 5.56 Å². The lowest BCUT2D eigenvalue weighted by molar-refractivity contribution is -0.140. The van der Waals surface area contributed by atoms with Gasteiger partial charge in [0, 0.05) is 5.56 Å². The van der Waals surface area contributed by atoms with Crippen molar-refractivity contribution in [1.29, 1.82) is 0 Å². The van der Waals surface area contributed by atoms with E-state index in [1.807, 2.05) is 32.0 Å². The van der Waals surface area contributed by atoms with E-state index in [1.54, 1.807) is 12.1 Å². The minimum atomic E-state index is -0.852. The summed E-state index contributed by atoms with van der Waals surface area (Å²) in [5.74, 6) is 0.777. The molecule has 1 heterocycles. The molecule has 0 aliphatic carbocycles. The number of hydrogen-bond acceptors (Lipinski definition) is 3. The lowest BCUT2D eigenvalue weighted by Crippen LogP contribution is -2.37. The van der Waals surface area contributed by atoms with Crippen molar-refractivity contribution in [3.05, 3.63) is 46.1 Å². The van der Waals surface area contributed by atoms with Crippen molar-refractivity contribution in [2.45, 2.75) is 32.9 Å². The van der Waals surface area contributed by atoms with Crippen molar-refractivity contribution >= 4 is 29.2 Å². The number of furan rings is 1. The number of halogens is 2. The van der Waals surface area contributed by atoms with Crippen molar-refractivity contribution < 1.29 is 14.3 Å². The van der Waals surface area contributed by atoms with Gasteiger partial charge in [-0.25, -0.2) is 0 Å². The van der Waals surface area contributed by atoms with Crippen LogP contribution in [-0.2, 0) is 11.3 Å². The summed E-state index contributed by atoms with van der Waals surface area (Å²) in [5, 5.41) is 13.2. The summed E-state index contributed by atoms with van der Waals surface area (Å²) < 4.78 is 5.74. The smallest absolute Gasteiger partial charge is 0.320 e. The van der Waals surface area contributed by atoms with Crippen LogP contribution in [0.2, 0.25) is 10.0 Å². The van der Waals surface area contributed by atoms with Crippen LogP contribution in [0.1, 0.15) is 26.0 Å². The van der Waals surface area contributed by atoms with Crippen molar-refractivity contribution in [1.82, 2.24) is 5.32 Å². The molecule has 4 nitrogen and oxygen atoms in total. The van der Waals surface area contributed by atoms with E-state index in [0.29, 0.717) is 40.4 Å². The average Bonchev–Trinajstić information content (AvgIpc) is 2.94. The molecule has 0 saturated heterocycles.